The highest BCUT2D eigenvalue weighted by Gasteiger charge is 2.66. The molecule has 0 spiro atoms. The number of hydrogen-bond donors (Lipinski definition) is 4. The van der Waals surface area contributed by atoms with E-state index in [1.807, 2.05) is 0 Å². The van der Waals surface area contributed by atoms with Crippen LogP contribution in [0.1, 0.15) is 57.8 Å². The topological polar surface area (TPSA) is 258 Å². The Morgan fingerprint density at radius 1 is 0.750 bits per heavy atom. The normalized spacial score (nSPS) is 22.8. The summed E-state index contributed by atoms with van der Waals surface area (Å²) in [5, 5.41) is 13.9. The SMILES string of the molecule is O=C(O)CCCCCCCC(C(=O)O)(N1C(=O)C[C@@H](S(=O)(=O)O)C1=O)N1C(=O)C[C@H](S(=O)(=O)O)C1=O. The molecule has 0 aromatic heterocycles. The van der Waals surface area contributed by atoms with E-state index in [1.165, 1.54) is 0 Å². The lowest BCUT2D eigenvalue weighted by atomic mass is 9.96. The number of carbonyl (C=O) groups is 6. The first-order valence-corrected chi connectivity index (χ1v) is 13.6. The van der Waals surface area contributed by atoms with Crippen LogP contribution in [0.15, 0.2) is 0 Å². The summed E-state index contributed by atoms with van der Waals surface area (Å²) in [4.78, 5) is 73.9. The molecular formula is C18H24N2O14S2. The molecule has 4 N–H and O–H groups in total. The number of carbonyl (C=O) groups excluding carboxylic acids is 4. The second kappa shape index (κ2) is 10.6. The summed E-state index contributed by atoms with van der Waals surface area (Å²) < 4.78 is 64.9. The van der Waals surface area contributed by atoms with Gasteiger partial charge in [-0.2, -0.15) is 16.8 Å². The molecule has 16 nitrogen and oxygen atoms in total. The second-order valence-corrected chi connectivity index (χ2v) is 11.5. The Balaban J connectivity index is 2.50. The fraction of sp³-hybridized carbons (Fsp3) is 0.667. The van der Waals surface area contributed by atoms with E-state index >= 15 is 0 Å². The predicted molar refractivity (Wildman–Crippen MR) is 114 cm³/mol. The zero-order valence-electron chi connectivity index (χ0n) is 18.6. The quantitative estimate of drug-likeness (QED) is 0.116. The molecule has 2 heterocycles. The summed E-state index contributed by atoms with van der Waals surface area (Å²) in [5.74, 6) is -9.54. The van der Waals surface area contributed by atoms with E-state index in [1.54, 1.807) is 0 Å². The number of amides is 4. The number of aliphatic carboxylic acids is 2. The summed E-state index contributed by atoms with van der Waals surface area (Å²) in [6.45, 7) is 0. The van der Waals surface area contributed by atoms with Crippen LogP contribution in [-0.4, -0.2) is 97.7 Å². The molecule has 2 saturated heterocycles. The highest BCUT2D eigenvalue weighted by Crippen LogP contribution is 2.38. The Kier molecular flexibility index (Phi) is 8.60. The van der Waals surface area contributed by atoms with Crippen LogP contribution in [-0.2, 0) is 49.0 Å². The van der Waals surface area contributed by atoms with E-state index in [0.29, 0.717) is 12.8 Å². The van der Waals surface area contributed by atoms with Crippen molar-refractivity contribution in [3.8, 4) is 0 Å². The van der Waals surface area contributed by atoms with Gasteiger partial charge in [0.15, 0.2) is 10.5 Å². The molecule has 2 aliphatic rings. The number of rotatable bonds is 13. The Hall–Kier alpha value is -2.96. The van der Waals surface area contributed by atoms with Crippen LogP contribution in [0.3, 0.4) is 0 Å². The first-order chi connectivity index (χ1) is 16.5. The van der Waals surface area contributed by atoms with Crippen LogP contribution in [0, 0.1) is 0 Å². The molecule has 18 heteroatoms. The zero-order chi connectivity index (χ0) is 27.6. The maximum Gasteiger partial charge on any atom is 0.351 e. The molecule has 2 fully saturated rings. The minimum Gasteiger partial charge on any atom is -0.481 e. The van der Waals surface area contributed by atoms with E-state index in [-0.39, 0.29) is 35.5 Å². The van der Waals surface area contributed by atoms with Gasteiger partial charge in [0, 0.05) is 12.8 Å². The van der Waals surface area contributed by atoms with E-state index in [2.05, 4.69) is 0 Å². The monoisotopic (exact) mass is 556 g/mol. The molecule has 36 heavy (non-hydrogen) atoms. The molecular weight excluding hydrogens is 532 g/mol. The van der Waals surface area contributed by atoms with Crippen molar-refractivity contribution < 1.29 is 64.9 Å². The third-order valence-electron chi connectivity index (χ3n) is 5.93. The third kappa shape index (κ3) is 5.71. The van der Waals surface area contributed by atoms with Crippen molar-refractivity contribution in [2.45, 2.75) is 74.0 Å². The van der Waals surface area contributed by atoms with E-state index in [4.69, 9.17) is 5.11 Å². The number of unbranched alkanes of at least 4 members (excludes halogenated alkanes) is 4. The molecule has 4 amide bonds. The van der Waals surface area contributed by atoms with Crippen molar-refractivity contribution >= 4 is 55.8 Å². The van der Waals surface area contributed by atoms with Gasteiger partial charge in [0.1, 0.15) is 0 Å². The molecule has 0 aromatic rings. The summed E-state index contributed by atoms with van der Waals surface area (Å²) in [7, 11) is -10.4. The lowest BCUT2D eigenvalue weighted by Gasteiger charge is -2.42. The van der Waals surface area contributed by atoms with Gasteiger partial charge < -0.3 is 10.2 Å². The van der Waals surface area contributed by atoms with Crippen molar-refractivity contribution in [2.75, 3.05) is 0 Å². The number of likely N-dealkylation sites (tertiary alicyclic amines) is 2. The van der Waals surface area contributed by atoms with Gasteiger partial charge in [0.25, 0.3) is 32.1 Å². The van der Waals surface area contributed by atoms with Crippen LogP contribution >= 0.6 is 0 Å². The number of hydrogen-bond acceptors (Lipinski definition) is 10. The Morgan fingerprint density at radius 2 is 1.14 bits per heavy atom. The first-order valence-electron chi connectivity index (χ1n) is 10.6. The molecule has 2 aliphatic heterocycles. The van der Waals surface area contributed by atoms with E-state index in [9.17, 15) is 59.8 Å². The van der Waals surface area contributed by atoms with Gasteiger partial charge in [0.2, 0.25) is 17.5 Å². The fourth-order valence-electron chi connectivity index (χ4n) is 4.25. The lowest BCUT2D eigenvalue weighted by Crippen LogP contribution is -2.69. The van der Waals surface area contributed by atoms with Gasteiger partial charge in [-0.3, -0.25) is 33.1 Å². The van der Waals surface area contributed by atoms with Gasteiger partial charge >= 0.3 is 11.9 Å². The van der Waals surface area contributed by atoms with Crippen molar-refractivity contribution in [2.24, 2.45) is 0 Å². The number of nitrogens with zero attached hydrogens (tertiary/aromatic N) is 2. The lowest BCUT2D eigenvalue weighted by molar-refractivity contribution is -0.183. The molecule has 0 bridgehead atoms. The van der Waals surface area contributed by atoms with Gasteiger partial charge in [-0.25, -0.2) is 14.6 Å². The second-order valence-electron chi connectivity index (χ2n) is 8.33. The summed E-state index contributed by atoms with van der Waals surface area (Å²) >= 11 is 0. The molecule has 0 saturated carbocycles. The molecule has 0 aromatic carbocycles. The predicted octanol–water partition coefficient (Wildman–Crippen LogP) is -1.39. The third-order valence-corrected chi connectivity index (χ3v) is 8.10. The highest BCUT2D eigenvalue weighted by molar-refractivity contribution is 7.87. The highest BCUT2D eigenvalue weighted by atomic mass is 32.2. The average Bonchev–Trinajstić information content (AvgIpc) is 3.20. The van der Waals surface area contributed by atoms with Crippen molar-refractivity contribution in [1.29, 1.82) is 0 Å². The van der Waals surface area contributed by atoms with Gasteiger partial charge in [0.05, 0.1) is 12.8 Å². The molecule has 1 unspecified atom stereocenters. The van der Waals surface area contributed by atoms with Crippen molar-refractivity contribution in [3.05, 3.63) is 0 Å². The standard InChI is InChI=1S/C18H24N2O14S2/c21-12-8-10(35(29,30)31)15(25)19(12)18(17(27)28,7-5-3-1-2-4-6-14(23)24)20-13(22)9-11(16(20)26)36(32,33)34/h10-11H,1-9H2,(H,23,24)(H,27,28)(H,29,30,31)(H,32,33,34)/t10-,11+,18?. The van der Waals surface area contributed by atoms with Crippen LogP contribution in [0.5, 0.6) is 0 Å². The van der Waals surface area contributed by atoms with Crippen molar-refractivity contribution in [3.63, 3.8) is 0 Å². The minimum atomic E-state index is -5.21. The Bertz CT molecular complexity index is 1120. The number of imide groups is 2. The molecule has 202 valence electrons. The molecule has 0 aliphatic carbocycles. The average molecular weight is 557 g/mol. The van der Waals surface area contributed by atoms with Crippen LogP contribution < -0.4 is 0 Å². The summed E-state index contributed by atoms with van der Waals surface area (Å²) in [6, 6.07) is 0. The zero-order valence-corrected chi connectivity index (χ0v) is 20.2. The smallest absolute Gasteiger partial charge is 0.351 e. The minimum absolute atomic E-state index is 0.124. The number of carboxylic acids is 2. The Labute approximate surface area is 204 Å². The molecule has 3 atom stereocenters. The number of carboxylic acid groups (broad SMARTS) is 2. The maximum absolute atomic E-state index is 12.8. The fourth-order valence-corrected chi connectivity index (χ4v) is 5.68. The van der Waals surface area contributed by atoms with E-state index < -0.39 is 91.2 Å². The van der Waals surface area contributed by atoms with Crippen LogP contribution in [0.25, 0.3) is 0 Å². The first kappa shape index (κ1) is 29.3. The van der Waals surface area contributed by atoms with Gasteiger partial charge in [-0.05, 0) is 12.8 Å². The largest absolute Gasteiger partial charge is 0.481 e. The Morgan fingerprint density at radius 3 is 1.47 bits per heavy atom. The molecule has 0 radical (unpaired) electrons. The molecule has 2 rings (SSSR count). The summed E-state index contributed by atoms with van der Waals surface area (Å²) in [5.41, 5.74) is -3.18. The van der Waals surface area contributed by atoms with E-state index in [0.717, 1.165) is 0 Å². The van der Waals surface area contributed by atoms with Crippen LogP contribution in [0.2, 0.25) is 0 Å². The summed E-state index contributed by atoms with van der Waals surface area (Å²) in [6.07, 6.45) is -2.35. The van der Waals surface area contributed by atoms with Gasteiger partial charge in [-0.1, -0.05) is 19.3 Å². The van der Waals surface area contributed by atoms with Gasteiger partial charge in [-0.15, -0.1) is 0 Å². The maximum atomic E-state index is 12.8. The van der Waals surface area contributed by atoms with Crippen LogP contribution in [0.4, 0.5) is 0 Å². The van der Waals surface area contributed by atoms with Crippen molar-refractivity contribution in [1.82, 2.24) is 9.80 Å².